The molecule has 7 heteroatoms. The number of nitrogen functional groups attached to an aromatic ring is 1. The van der Waals surface area contributed by atoms with Crippen LogP contribution < -0.4 is 11.5 Å². The van der Waals surface area contributed by atoms with E-state index in [1.807, 2.05) is 0 Å². The van der Waals surface area contributed by atoms with Gasteiger partial charge in [0.1, 0.15) is 12.0 Å². The molecule has 0 atom stereocenters. The van der Waals surface area contributed by atoms with Gasteiger partial charge in [0, 0.05) is 6.20 Å². The van der Waals surface area contributed by atoms with E-state index < -0.39 is 5.91 Å². The number of rotatable bonds is 2. The number of anilines is 1. The van der Waals surface area contributed by atoms with E-state index in [-0.39, 0.29) is 5.69 Å². The first-order valence-corrected chi connectivity index (χ1v) is 4.10. The zero-order valence-corrected chi connectivity index (χ0v) is 7.66. The Morgan fingerprint density at radius 3 is 2.87 bits per heavy atom. The summed E-state index contributed by atoms with van der Waals surface area (Å²) < 4.78 is 1.37. The van der Waals surface area contributed by atoms with E-state index in [0.29, 0.717) is 11.5 Å². The van der Waals surface area contributed by atoms with Gasteiger partial charge in [0.25, 0.3) is 5.91 Å². The van der Waals surface area contributed by atoms with E-state index in [2.05, 4.69) is 15.1 Å². The van der Waals surface area contributed by atoms with Crippen LogP contribution in [0.25, 0.3) is 5.82 Å². The fourth-order valence-corrected chi connectivity index (χ4v) is 1.10. The number of primary amides is 1. The summed E-state index contributed by atoms with van der Waals surface area (Å²) in [6.07, 6.45) is 4.35. The maximum atomic E-state index is 10.8. The second kappa shape index (κ2) is 3.37. The number of aromatic nitrogens is 4. The molecule has 0 aromatic carbocycles. The number of nitrogens with two attached hydrogens (primary N) is 2. The average Bonchev–Trinajstić information content (AvgIpc) is 2.67. The molecule has 0 saturated carbocycles. The molecule has 0 radical (unpaired) electrons. The normalized spacial score (nSPS) is 10.1. The summed E-state index contributed by atoms with van der Waals surface area (Å²) >= 11 is 0. The Morgan fingerprint density at radius 1 is 1.47 bits per heavy atom. The fourth-order valence-electron chi connectivity index (χ4n) is 1.10. The first-order chi connectivity index (χ1) is 7.18. The van der Waals surface area contributed by atoms with Crippen LogP contribution >= 0.6 is 0 Å². The molecule has 2 heterocycles. The molecule has 0 bridgehead atoms. The van der Waals surface area contributed by atoms with Gasteiger partial charge < -0.3 is 11.5 Å². The molecule has 0 saturated heterocycles. The van der Waals surface area contributed by atoms with Crippen molar-refractivity contribution in [3.63, 3.8) is 0 Å². The highest BCUT2D eigenvalue weighted by Gasteiger charge is 2.08. The summed E-state index contributed by atoms with van der Waals surface area (Å²) in [6, 6.07) is 1.49. The molecule has 7 nitrogen and oxygen atoms in total. The number of carbonyl (C=O) groups excluding carboxylic acids is 1. The van der Waals surface area contributed by atoms with E-state index in [9.17, 15) is 4.79 Å². The molecule has 76 valence electrons. The van der Waals surface area contributed by atoms with E-state index in [4.69, 9.17) is 11.5 Å². The lowest BCUT2D eigenvalue weighted by Crippen LogP contribution is -2.12. The molecule has 0 spiro atoms. The highest BCUT2D eigenvalue weighted by Crippen LogP contribution is 2.10. The lowest BCUT2D eigenvalue weighted by Gasteiger charge is -2.01. The number of hydrogen-bond donors (Lipinski definition) is 2. The largest absolute Gasteiger partial charge is 0.394 e. The van der Waals surface area contributed by atoms with Gasteiger partial charge in [-0.15, -0.1) is 0 Å². The first kappa shape index (κ1) is 9.13. The van der Waals surface area contributed by atoms with Crippen LogP contribution in [0.5, 0.6) is 0 Å². The van der Waals surface area contributed by atoms with Crippen molar-refractivity contribution in [2.45, 2.75) is 0 Å². The van der Waals surface area contributed by atoms with Crippen molar-refractivity contribution < 1.29 is 4.79 Å². The Bertz CT molecular complexity index is 505. The topological polar surface area (TPSA) is 113 Å². The summed E-state index contributed by atoms with van der Waals surface area (Å²) in [5.41, 5.74) is 11.2. The molecule has 2 aromatic rings. The van der Waals surface area contributed by atoms with Crippen LogP contribution in [-0.4, -0.2) is 25.7 Å². The molecule has 0 aliphatic carbocycles. The summed E-state index contributed by atoms with van der Waals surface area (Å²) in [5.74, 6) is -0.182. The van der Waals surface area contributed by atoms with Crippen molar-refractivity contribution in [1.29, 1.82) is 0 Å². The lowest BCUT2D eigenvalue weighted by molar-refractivity contribution is 0.0995. The van der Waals surface area contributed by atoms with Gasteiger partial charge in [0.2, 0.25) is 0 Å². The van der Waals surface area contributed by atoms with Crippen LogP contribution in [0.3, 0.4) is 0 Å². The molecule has 4 N–H and O–H groups in total. The minimum atomic E-state index is -0.596. The Kier molecular flexibility index (Phi) is 2.05. The van der Waals surface area contributed by atoms with Gasteiger partial charge in [-0.2, -0.15) is 5.10 Å². The van der Waals surface area contributed by atoms with E-state index in [1.54, 1.807) is 6.20 Å². The van der Waals surface area contributed by atoms with Gasteiger partial charge >= 0.3 is 0 Å². The van der Waals surface area contributed by atoms with Gasteiger partial charge in [-0.3, -0.25) is 4.79 Å². The van der Waals surface area contributed by atoms with Crippen LogP contribution in [0, 0.1) is 0 Å². The van der Waals surface area contributed by atoms with Crippen LogP contribution in [0.2, 0.25) is 0 Å². The molecule has 1 amide bonds. The van der Waals surface area contributed by atoms with Crippen molar-refractivity contribution in [2.75, 3.05) is 5.73 Å². The van der Waals surface area contributed by atoms with Gasteiger partial charge in [-0.1, -0.05) is 0 Å². The Labute approximate surface area is 84.7 Å². The monoisotopic (exact) mass is 204 g/mol. The van der Waals surface area contributed by atoms with Crippen molar-refractivity contribution in [1.82, 2.24) is 19.7 Å². The molecule has 0 aliphatic heterocycles. The van der Waals surface area contributed by atoms with E-state index in [1.165, 1.54) is 23.3 Å². The lowest BCUT2D eigenvalue weighted by atomic mass is 10.4. The Hall–Kier alpha value is -2.44. The fraction of sp³-hybridized carbons (Fsp3) is 0. The summed E-state index contributed by atoms with van der Waals surface area (Å²) in [5, 5.41) is 3.91. The highest BCUT2D eigenvalue weighted by atomic mass is 16.1. The first-order valence-electron chi connectivity index (χ1n) is 4.10. The van der Waals surface area contributed by atoms with Crippen molar-refractivity contribution in [2.24, 2.45) is 5.73 Å². The smallest absolute Gasteiger partial charge is 0.269 e. The maximum Gasteiger partial charge on any atom is 0.269 e. The third-order valence-electron chi connectivity index (χ3n) is 1.78. The summed E-state index contributed by atoms with van der Waals surface area (Å²) in [4.78, 5) is 18.5. The summed E-state index contributed by atoms with van der Waals surface area (Å²) in [7, 11) is 0. The highest BCUT2D eigenvalue weighted by molar-refractivity contribution is 5.90. The predicted molar refractivity (Wildman–Crippen MR) is 52.1 cm³/mol. The van der Waals surface area contributed by atoms with Crippen LogP contribution in [0.15, 0.2) is 24.8 Å². The van der Waals surface area contributed by atoms with Gasteiger partial charge in [0.05, 0.1) is 11.9 Å². The summed E-state index contributed by atoms with van der Waals surface area (Å²) in [6.45, 7) is 0. The molecule has 2 rings (SSSR count). The predicted octanol–water partition coefficient (Wildman–Crippen LogP) is -0.657. The number of carbonyl (C=O) groups is 1. The van der Waals surface area contributed by atoms with Crippen molar-refractivity contribution in [3.8, 4) is 5.82 Å². The molecule has 0 aliphatic rings. The van der Waals surface area contributed by atoms with Crippen molar-refractivity contribution >= 4 is 11.6 Å². The molecule has 0 unspecified atom stereocenters. The zero-order valence-electron chi connectivity index (χ0n) is 7.66. The number of hydrogen-bond acceptors (Lipinski definition) is 5. The van der Waals surface area contributed by atoms with Crippen LogP contribution in [0.4, 0.5) is 5.69 Å². The Morgan fingerprint density at radius 2 is 2.27 bits per heavy atom. The van der Waals surface area contributed by atoms with Gasteiger partial charge in [-0.05, 0) is 6.07 Å². The average molecular weight is 204 g/mol. The number of amides is 1. The van der Waals surface area contributed by atoms with E-state index >= 15 is 0 Å². The molecule has 15 heavy (non-hydrogen) atoms. The molecular weight excluding hydrogens is 196 g/mol. The molecule has 2 aromatic heterocycles. The van der Waals surface area contributed by atoms with Gasteiger partial charge in [0.15, 0.2) is 5.82 Å². The van der Waals surface area contributed by atoms with Crippen LogP contribution in [0.1, 0.15) is 10.5 Å². The van der Waals surface area contributed by atoms with E-state index in [0.717, 1.165) is 0 Å². The zero-order chi connectivity index (χ0) is 10.8. The third kappa shape index (κ3) is 1.62. The SMILES string of the molecule is NC(=O)c1ccn(-c2ncncc2N)n1. The Balaban J connectivity index is 2.46. The maximum absolute atomic E-state index is 10.8. The van der Waals surface area contributed by atoms with Crippen molar-refractivity contribution in [3.05, 3.63) is 30.5 Å². The minimum Gasteiger partial charge on any atom is -0.394 e. The molecular formula is C8H8N6O. The minimum absolute atomic E-state index is 0.160. The standard InChI is InChI=1S/C8H8N6O/c9-5-3-11-4-12-8(5)14-2-1-6(13-14)7(10)15/h1-4H,9H2,(H2,10,15). The number of nitrogens with zero attached hydrogens (tertiary/aromatic N) is 4. The molecule has 0 fully saturated rings. The van der Waals surface area contributed by atoms with Gasteiger partial charge in [-0.25, -0.2) is 14.6 Å². The second-order valence-corrected chi connectivity index (χ2v) is 2.81. The van der Waals surface area contributed by atoms with Crippen LogP contribution in [-0.2, 0) is 0 Å². The quantitative estimate of drug-likeness (QED) is 0.674. The third-order valence-corrected chi connectivity index (χ3v) is 1.78. The second-order valence-electron chi connectivity index (χ2n) is 2.81.